The van der Waals surface area contributed by atoms with Crippen molar-refractivity contribution in [3.8, 4) is 17.2 Å². The van der Waals surface area contributed by atoms with Crippen LogP contribution in [0.1, 0.15) is 44.3 Å². The third-order valence-electron chi connectivity index (χ3n) is 4.11. The van der Waals surface area contributed by atoms with Crippen LogP contribution in [0.5, 0.6) is 5.75 Å². The summed E-state index contributed by atoms with van der Waals surface area (Å²) in [5.74, 6) is 2.57. The molecule has 5 heteroatoms. The van der Waals surface area contributed by atoms with Gasteiger partial charge >= 0.3 is 0 Å². The number of phenolic OH excluding ortho intramolecular Hbond substituents is 1. The molecule has 1 aliphatic carbocycles. The van der Waals surface area contributed by atoms with Crippen molar-refractivity contribution >= 4 is 22.6 Å². The molecular weight excluding hydrogens is 367 g/mol. The second kappa shape index (κ2) is 5.71. The standard InChI is InChI=1S/C15H17IN2O2/c1-2-9-3-4-10(7-9)14-17-15(20-18-14)12-8-11(16)5-6-13(12)19/h5-6,8-10,19H,2-4,7H2,1H3. The Labute approximate surface area is 131 Å². The number of rotatable bonds is 3. The van der Waals surface area contributed by atoms with E-state index in [0.717, 1.165) is 28.2 Å². The fourth-order valence-electron chi connectivity index (χ4n) is 2.87. The number of halogens is 1. The summed E-state index contributed by atoms with van der Waals surface area (Å²) in [7, 11) is 0. The molecule has 1 aromatic heterocycles. The highest BCUT2D eigenvalue weighted by atomic mass is 127. The van der Waals surface area contributed by atoms with E-state index in [1.807, 2.05) is 12.1 Å². The Morgan fingerprint density at radius 2 is 2.25 bits per heavy atom. The van der Waals surface area contributed by atoms with Gasteiger partial charge in [0.2, 0.25) is 0 Å². The summed E-state index contributed by atoms with van der Waals surface area (Å²) in [5.41, 5.74) is 0.612. The Morgan fingerprint density at radius 1 is 1.40 bits per heavy atom. The van der Waals surface area contributed by atoms with Crippen LogP contribution in [0.2, 0.25) is 0 Å². The fourth-order valence-corrected chi connectivity index (χ4v) is 3.36. The van der Waals surface area contributed by atoms with Gasteiger partial charge in [0.25, 0.3) is 5.89 Å². The number of benzene rings is 1. The van der Waals surface area contributed by atoms with Gasteiger partial charge < -0.3 is 9.63 Å². The first-order valence-electron chi connectivity index (χ1n) is 7.00. The first kappa shape index (κ1) is 13.9. The largest absolute Gasteiger partial charge is 0.507 e. The lowest BCUT2D eigenvalue weighted by Gasteiger charge is -2.04. The fraction of sp³-hybridized carbons (Fsp3) is 0.467. The normalized spacial score (nSPS) is 22.3. The molecule has 0 radical (unpaired) electrons. The van der Waals surface area contributed by atoms with E-state index in [-0.39, 0.29) is 5.75 Å². The molecule has 106 valence electrons. The van der Waals surface area contributed by atoms with Crippen molar-refractivity contribution in [1.82, 2.24) is 10.1 Å². The zero-order valence-corrected chi connectivity index (χ0v) is 13.5. The first-order chi connectivity index (χ1) is 9.67. The van der Waals surface area contributed by atoms with E-state index in [9.17, 15) is 5.11 Å². The molecule has 0 bridgehead atoms. The van der Waals surface area contributed by atoms with Gasteiger partial charge in [-0.1, -0.05) is 18.5 Å². The van der Waals surface area contributed by atoms with E-state index >= 15 is 0 Å². The second-order valence-electron chi connectivity index (χ2n) is 5.40. The second-order valence-corrected chi connectivity index (χ2v) is 6.65. The minimum absolute atomic E-state index is 0.179. The van der Waals surface area contributed by atoms with Gasteiger partial charge in [-0.2, -0.15) is 4.98 Å². The Bertz CT molecular complexity index is 612. The molecule has 2 aromatic rings. The quantitative estimate of drug-likeness (QED) is 0.800. The van der Waals surface area contributed by atoms with Gasteiger partial charge in [-0.3, -0.25) is 0 Å². The molecule has 1 heterocycles. The van der Waals surface area contributed by atoms with Gasteiger partial charge in [-0.25, -0.2) is 0 Å². The average Bonchev–Trinajstić information content (AvgIpc) is 3.09. The molecule has 0 saturated heterocycles. The topological polar surface area (TPSA) is 59.2 Å². The Kier molecular flexibility index (Phi) is 3.96. The summed E-state index contributed by atoms with van der Waals surface area (Å²) in [4.78, 5) is 4.49. The summed E-state index contributed by atoms with van der Waals surface area (Å²) in [6, 6.07) is 5.36. The van der Waals surface area contributed by atoms with Gasteiger partial charge in [-0.15, -0.1) is 0 Å². The van der Waals surface area contributed by atoms with Gasteiger partial charge in [0, 0.05) is 9.49 Å². The molecule has 1 saturated carbocycles. The number of aromatic hydroxyl groups is 1. The van der Waals surface area contributed by atoms with Crippen LogP contribution in [0, 0.1) is 9.49 Å². The summed E-state index contributed by atoms with van der Waals surface area (Å²) < 4.78 is 6.37. The predicted molar refractivity (Wildman–Crippen MR) is 84.5 cm³/mol. The maximum atomic E-state index is 9.91. The average molecular weight is 384 g/mol. The number of aromatic nitrogens is 2. The highest BCUT2D eigenvalue weighted by Crippen LogP contribution is 2.39. The predicted octanol–water partition coefficient (Wildman–Crippen LogP) is 4.34. The molecule has 4 nitrogen and oxygen atoms in total. The van der Waals surface area contributed by atoms with Crippen LogP contribution in [0.15, 0.2) is 22.7 Å². The van der Waals surface area contributed by atoms with Crippen molar-refractivity contribution in [3.05, 3.63) is 27.6 Å². The third kappa shape index (κ3) is 2.68. The lowest BCUT2D eigenvalue weighted by atomic mass is 10.0. The summed E-state index contributed by atoms with van der Waals surface area (Å²) in [5, 5.41) is 14.0. The van der Waals surface area contributed by atoms with E-state index in [1.165, 1.54) is 12.8 Å². The van der Waals surface area contributed by atoms with Crippen LogP contribution in [-0.2, 0) is 0 Å². The minimum Gasteiger partial charge on any atom is -0.507 e. The molecule has 1 aromatic carbocycles. The zero-order valence-electron chi connectivity index (χ0n) is 11.3. The zero-order chi connectivity index (χ0) is 14.1. The third-order valence-corrected chi connectivity index (χ3v) is 4.79. The van der Waals surface area contributed by atoms with Gasteiger partial charge in [-0.05, 0) is 66.0 Å². The lowest BCUT2D eigenvalue weighted by Crippen LogP contribution is -1.97. The van der Waals surface area contributed by atoms with Crippen molar-refractivity contribution in [2.45, 2.75) is 38.5 Å². The molecule has 1 aliphatic rings. The molecule has 1 N–H and O–H groups in total. The maximum Gasteiger partial charge on any atom is 0.261 e. The van der Waals surface area contributed by atoms with E-state index in [0.29, 0.717) is 17.4 Å². The van der Waals surface area contributed by atoms with Crippen LogP contribution in [0.25, 0.3) is 11.5 Å². The van der Waals surface area contributed by atoms with E-state index in [4.69, 9.17) is 4.52 Å². The minimum atomic E-state index is 0.179. The van der Waals surface area contributed by atoms with Crippen LogP contribution in [0.3, 0.4) is 0 Å². The smallest absolute Gasteiger partial charge is 0.261 e. The maximum absolute atomic E-state index is 9.91. The monoisotopic (exact) mass is 384 g/mol. The molecule has 2 atom stereocenters. The van der Waals surface area contributed by atoms with Gasteiger partial charge in [0.05, 0.1) is 5.56 Å². The lowest BCUT2D eigenvalue weighted by molar-refractivity contribution is 0.409. The van der Waals surface area contributed by atoms with Crippen LogP contribution < -0.4 is 0 Å². The van der Waals surface area contributed by atoms with E-state index < -0.39 is 0 Å². The molecule has 0 spiro atoms. The van der Waals surface area contributed by atoms with E-state index in [2.05, 4.69) is 39.7 Å². The molecular formula is C15H17IN2O2. The number of hydrogen-bond acceptors (Lipinski definition) is 4. The Hall–Kier alpha value is -1.11. The molecule has 0 amide bonds. The Morgan fingerprint density at radius 3 is 3.00 bits per heavy atom. The first-order valence-corrected chi connectivity index (χ1v) is 8.07. The number of nitrogens with zero attached hydrogens (tertiary/aromatic N) is 2. The SMILES string of the molecule is CCC1CCC(c2noc(-c3cc(I)ccc3O)n2)C1. The molecule has 0 aliphatic heterocycles. The summed E-state index contributed by atoms with van der Waals surface area (Å²) in [6.45, 7) is 2.23. The summed E-state index contributed by atoms with van der Waals surface area (Å²) >= 11 is 2.20. The van der Waals surface area contributed by atoms with Crippen molar-refractivity contribution in [1.29, 1.82) is 0 Å². The number of phenols is 1. The van der Waals surface area contributed by atoms with Gasteiger partial charge in [0.1, 0.15) is 5.75 Å². The van der Waals surface area contributed by atoms with E-state index in [1.54, 1.807) is 6.07 Å². The van der Waals surface area contributed by atoms with Crippen LogP contribution >= 0.6 is 22.6 Å². The molecule has 20 heavy (non-hydrogen) atoms. The van der Waals surface area contributed by atoms with Crippen molar-refractivity contribution < 1.29 is 9.63 Å². The van der Waals surface area contributed by atoms with Crippen molar-refractivity contribution in [2.24, 2.45) is 5.92 Å². The van der Waals surface area contributed by atoms with Crippen LogP contribution in [-0.4, -0.2) is 15.2 Å². The van der Waals surface area contributed by atoms with Gasteiger partial charge in [0.15, 0.2) is 5.82 Å². The van der Waals surface area contributed by atoms with Crippen LogP contribution in [0.4, 0.5) is 0 Å². The number of hydrogen-bond donors (Lipinski definition) is 1. The highest BCUT2D eigenvalue weighted by Gasteiger charge is 2.28. The molecule has 2 unspecified atom stereocenters. The Balaban J connectivity index is 1.85. The highest BCUT2D eigenvalue weighted by molar-refractivity contribution is 14.1. The van der Waals surface area contributed by atoms with Crippen molar-refractivity contribution in [3.63, 3.8) is 0 Å². The summed E-state index contributed by atoms with van der Waals surface area (Å²) in [6.07, 6.45) is 4.75. The van der Waals surface area contributed by atoms with Crippen molar-refractivity contribution in [2.75, 3.05) is 0 Å². The molecule has 3 rings (SSSR count). The molecule has 1 fully saturated rings.